The molecule has 0 aliphatic heterocycles. The zero-order valence-corrected chi connectivity index (χ0v) is 10.4. The smallest absolute Gasteiger partial charge is 0.188 e. The first-order valence-corrected chi connectivity index (χ1v) is 5.69. The minimum Gasteiger partial charge on any atom is -0.370 e. The molecule has 0 bridgehead atoms. The zero-order valence-electron chi connectivity index (χ0n) is 10.4. The SMILES string of the molecule is CC(C)C(C)OCC(=O)c1ccc(C#N)cc1. The number of hydrogen-bond acceptors (Lipinski definition) is 3. The Hall–Kier alpha value is -1.66. The van der Waals surface area contributed by atoms with Crippen molar-refractivity contribution in [2.75, 3.05) is 6.61 Å². The van der Waals surface area contributed by atoms with E-state index in [4.69, 9.17) is 10.00 Å². The van der Waals surface area contributed by atoms with Crippen LogP contribution in [0.1, 0.15) is 36.7 Å². The van der Waals surface area contributed by atoms with E-state index < -0.39 is 0 Å². The Morgan fingerprint density at radius 1 is 1.29 bits per heavy atom. The van der Waals surface area contributed by atoms with Crippen molar-refractivity contribution in [3.05, 3.63) is 35.4 Å². The van der Waals surface area contributed by atoms with E-state index in [0.29, 0.717) is 17.0 Å². The topological polar surface area (TPSA) is 50.1 Å². The number of carbonyl (C=O) groups is 1. The van der Waals surface area contributed by atoms with Crippen LogP contribution in [0.5, 0.6) is 0 Å². The summed E-state index contributed by atoms with van der Waals surface area (Å²) in [7, 11) is 0. The van der Waals surface area contributed by atoms with Gasteiger partial charge >= 0.3 is 0 Å². The highest BCUT2D eigenvalue weighted by Gasteiger charge is 2.11. The maximum absolute atomic E-state index is 11.8. The Bertz CT molecular complexity index is 415. The van der Waals surface area contributed by atoms with Crippen molar-refractivity contribution in [3.8, 4) is 6.07 Å². The molecule has 3 heteroatoms. The van der Waals surface area contributed by atoms with Crippen molar-refractivity contribution in [1.82, 2.24) is 0 Å². The van der Waals surface area contributed by atoms with E-state index in [0.717, 1.165) is 0 Å². The molecule has 1 aromatic rings. The summed E-state index contributed by atoms with van der Waals surface area (Å²) in [5, 5.41) is 8.64. The Balaban J connectivity index is 2.56. The summed E-state index contributed by atoms with van der Waals surface area (Å²) in [4.78, 5) is 11.8. The van der Waals surface area contributed by atoms with Gasteiger partial charge in [-0.3, -0.25) is 4.79 Å². The van der Waals surface area contributed by atoms with Gasteiger partial charge in [0.15, 0.2) is 5.78 Å². The number of hydrogen-bond donors (Lipinski definition) is 0. The third kappa shape index (κ3) is 4.01. The van der Waals surface area contributed by atoms with Gasteiger partial charge in [0.05, 0.1) is 17.7 Å². The number of Topliss-reactive ketones (excluding diaryl/α,β-unsaturated/α-hetero) is 1. The number of benzene rings is 1. The van der Waals surface area contributed by atoms with Crippen LogP contribution in [0.4, 0.5) is 0 Å². The first-order valence-electron chi connectivity index (χ1n) is 5.69. The predicted molar refractivity (Wildman–Crippen MR) is 65.7 cm³/mol. The second-order valence-corrected chi connectivity index (χ2v) is 4.37. The molecule has 0 aliphatic carbocycles. The highest BCUT2D eigenvalue weighted by molar-refractivity contribution is 5.97. The third-order valence-electron chi connectivity index (χ3n) is 2.75. The van der Waals surface area contributed by atoms with E-state index in [1.54, 1.807) is 24.3 Å². The van der Waals surface area contributed by atoms with E-state index in [1.807, 2.05) is 13.0 Å². The van der Waals surface area contributed by atoms with Crippen LogP contribution in [0.3, 0.4) is 0 Å². The molecule has 1 unspecified atom stereocenters. The summed E-state index contributed by atoms with van der Waals surface area (Å²) >= 11 is 0. The third-order valence-corrected chi connectivity index (χ3v) is 2.75. The van der Waals surface area contributed by atoms with Crippen LogP contribution in [0.2, 0.25) is 0 Å². The van der Waals surface area contributed by atoms with Crippen LogP contribution in [-0.2, 0) is 4.74 Å². The summed E-state index contributed by atoms with van der Waals surface area (Å²) < 4.78 is 5.46. The molecule has 0 saturated carbocycles. The Morgan fingerprint density at radius 2 is 1.88 bits per heavy atom. The van der Waals surface area contributed by atoms with E-state index in [2.05, 4.69) is 13.8 Å². The second-order valence-electron chi connectivity index (χ2n) is 4.37. The fourth-order valence-corrected chi connectivity index (χ4v) is 1.21. The molecule has 0 aliphatic rings. The number of rotatable bonds is 5. The molecule has 0 N–H and O–H groups in total. The standard InChI is InChI=1S/C14H17NO2/c1-10(2)11(3)17-9-14(16)13-6-4-12(8-15)5-7-13/h4-7,10-11H,9H2,1-3H3. The number of nitrogens with zero attached hydrogens (tertiary/aromatic N) is 1. The molecular formula is C14H17NO2. The molecule has 0 radical (unpaired) electrons. The second kappa shape index (κ2) is 6.17. The molecular weight excluding hydrogens is 214 g/mol. The highest BCUT2D eigenvalue weighted by atomic mass is 16.5. The van der Waals surface area contributed by atoms with Crippen molar-refractivity contribution in [2.45, 2.75) is 26.9 Å². The summed E-state index contributed by atoms with van der Waals surface area (Å²) in [6, 6.07) is 8.61. The molecule has 1 aromatic carbocycles. The first kappa shape index (κ1) is 13.4. The van der Waals surface area contributed by atoms with Gasteiger partial charge in [-0.1, -0.05) is 26.0 Å². The Morgan fingerprint density at radius 3 is 2.35 bits per heavy atom. The summed E-state index contributed by atoms with van der Waals surface area (Å²) in [5.41, 5.74) is 1.14. The average molecular weight is 231 g/mol. The van der Waals surface area contributed by atoms with Crippen molar-refractivity contribution in [3.63, 3.8) is 0 Å². The van der Waals surface area contributed by atoms with Gasteiger partial charge in [-0.05, 0) is 25.0 Å². The molecule has 0 amide bonds. The fraction of sp³-hybridized carbons (Fsp3) is 0.429. The highest BCUT2D eigenvalue weighted by Crippen LogP contribution is 2.08. The van der Waals surface area contributed by atoms with Crippen LogP contribution in [0.15, 0.2) is 24.3 Å². The number of ketones is 1. The summed E-state index contributed by atoms with van der Waals surface area (Å²) in [6.45, 7) is 6.15. The average Bonchev–Trinajstić information content (AvgIpc) is 2.35. The molecule has 0 saturated heterocycles. The van der Waals surface area contributed by atoms with Gasteiger partial charge in [0.2, 0.25) is 0 Å². The molecule has 1 atom stereocenters. The van der Waals surface area contributed by atoms with Gasteiger partial charge in [-0.25, -0.2) is 0 Å². The quantitative estimate of drug-likeness (QED) is 0.732. The van der Waals surface area contributed by atoms with Crippen LogP contribution >= 0.6 is 0 Å². The maximum atomic E-state index is 11.8. The zero-order chi connectivity index (χ0) is 12.8. The molecule has 0 heterocycles. The number of nitriles is 1. The number of ether oxygens (including phenoxy) is 1. The van der Waals surface area contributed by atoms with Gasteiger partial charge in [0.25, 0.3) is 0 Å². The van der Waals surface area contributed by atoms with E-state index >= 15 is 0 Å². The fourth-order valence-electron chi connectivity index (χ4n) is 1.21. The van der Waals surface area contributed by atoms with Crippen LogP contribution in [0, 0.1) is 17.2 Å². The van der Waals surface area contributed by atoms with E-state index in [9.17, 15) is 4.79 Å². The lowest BCUT2D eigenvalue weighted by molar-refractivity contribution is 0.0336. The lowest BCUT2D eigenvalue weighted by Gasteiger charge is -2.15. The summed E-state index contributed by atoms with van der Waals surface area (Å²) in [5.74, 6) is 0.339. The normalized spacial score (nSPS) is 12.2. The van der Waals surface area contributed by atoms with Gasteiger partial charge in [0.1, 0.15) is 6.61 Å². The van der Waals surface area contributed by atoms with Crippen LogP contribution in [-0.4, -0.2) is 18.5 Å². The van der Waals surface area contributed by atoms with Crippen molar-refractivity contribution in [1.29, 1.82) is 5.26 Å². The molecule has 0 aromatic heterocycles. The maximum Gasteiger partial charge on any atom is 0.188 e. The largest absolute Gasteiger partial charge is 0.370 e. The molecule has 0 fully saturated rings. The van der Waals surface area contributed by atoms with Gasteiger partial charge in [-0.2, -0.15) is 5.26 Å². The lowest BCUT2D eigenvalue weighted by atomic mass is 10.1. The molecule has 17 heavy (non-hydrogen) atoms. The van der Waals surface area contributed by atoms with Crippen molar-refractivity contribution in [2.24, 2.45) is 5.92 Å². The molecule has 0 spiro atoms. The minimum absolute atomic E-state index is 0.0537. The van der Waals surface area contributed by atoms with E-state index in [-0.39, 0.29) is 18.5 Å². The Labute approximate surface area is 102 Å². The summed E-state index contributed by atoms with van der Waals surface area (Å²) in [6.07, 6.45) is 0.0670. The van der Waals surface area contributed by atoms with Gasteiger partial charge < -0.3 is 4.74 Å². The van der Waals surface area contributed by atoms with Crippen LogP contribution in [0.25, 0.3) is 0 Å². The molecule has 1 rings (SSSR count). The monoisotopic (exact) mass is 231 g/mol. The minimum atomic E-state index is -0.0537. The van der Waals surface area contributed by atoms with Gasteiger partial charge in [0, 0.05) is 5.56 Å². The number of carbonyl (C=O) groups excluding carboxylic acids is 1. The van der Waals surface area contributed by atoms with Crippen molar-refractivity contribution < 1.29 is 9.53 Å². The van der Waals surface area contributed by atoms with Crippen molar-refractivity contribution >= 4 is 5.78 Å². The molecule has 3 nitrogen and oxygen atoms in total. The van der Waals surface area contributed by atoms with Crippen LogP contribution < -0.4 is 0 Å². The first-order chi connectivity index (χ1) is 8.04. The van der Waals surface area contributed by atoms with Gasteiger partial charge in [-0.15, -0.1) is 0 Å². The molecule has 90 valence electrons. The van der Waals surface area contributed by atoms with E-state index in [1.165, 1.54) is 0 Å². The Kier molecular flexibility index (Phi) is 4.86. The lowest BCUT2D eigenvalue weighted by Crippen LogP contribution is -2.20. The predicted octanol–water partition coefficient (Wildman–Crippen LogP) is 2.80.